The molecule has 0 fully saturated rings. The van der Waals surface area contributed by atoms with Crippen molar-refractivity contribution in [2.24, 2.45) is 0 Å². The van der Waals surface area contributed by atoms with E-state index in [0.29, 0.717) is 16.7 Å². The van der Waals surface area contributed by atoms with E-state index in [1.165, 1.54) is 19.3 Å². The van der Waals surface area contributed by atoms with Crippen LogP contribution in [0, 0.1) is 6.92 Å². The number of aromatic nitrogens is 4. The molecule has 0 radical (unpaired) electrons. The maximum Gasteiger partial charge on any atom is 0.247 e. The van der Waals surface area contributed by atoms with Gasteiger partial charge in [0.05, 0.1) is 0 Å². The van der Waals surface area contributed by atoms with E-state index in [2.05, 4.69) is 32.4 Å². The van der Waals surface area contributed by atoms with Crippen molar-refractivity contribution in [2.75, 3.05) is 11.1 Å². The minimum atomic E-state index is -0.448. The highest BCUT2D eigenvalue weighted by Crippen LogP contribution is 2.39. The number of benzene rings is 1. The number of nitrogens with zero attached hydrogens (tertiary/aromatic N) is 4. The first-order valence-corrected chi connectivity index (χ1v) is 11.1. The summed E-state index contributed by atoms with van der Waals surface area (Å²) in [6, 6.07) is 13.9. The smallest absolute Gasteiger partial charge is 0.247 e. The first-order chi connectivity index (χ1) is 14.2. The van der Waals surface area contributed by atoms with Crippen molar-refractivity contribution in [1.82, 2.24) is 20.2 Å². The minimum Gasteiger partial charge on any atom is -0.446 e. The van der Waals surface area contributed by atoms with E-state index in [0.717, 1.165) is 34.8 Å². The van der Waals surface area contributed by atoms with Gasteiger partial charge in [-0.05, 0) is 31.5 Å². The Kier molecular flexibility index (Phi) is 6.24. The van der Waals surface area contributed by atoms with Crippen LogP contribution < -0.4 is 10.1 Å². The second-order valence-corrected chi connectivity index (χ2v) is 8.11. The van der Waals surface area contributed by atoms with Crippen LogP contribution >= 0.6 is 11.8 Å². The second kappa shape index (κ2) is 9.22. The summed E-state index contributed by atoms with van der Waals surface area (Å²) < 4.78 is 6.27. The highest BCUT2D eigenvalue weighted by atomic mass is 32.2. The molecule has 0 spiro atoms. The van der Waals surface area contributed by atoms with Gasteiger partial charge < -0.3 is 10.1 Å². The Morgan fingerprint density at radius 1 is 1.00 bits per heavy atom. The van der Waals surface area contributed by atoms with Gasteiger partial charge in [0.25, 0.3) is 0 Å². The van der Waals surface area contributed by atoms with E-state index in [-0.39, 0.29) is 0 Å². The van der Waals surface area contributed by atoms with Crippen molar-refractivity contribution >= 4 is 17.4 Å². The van der Waals surface area contributed by atoms with Crippen LogP contribution in [0.4, 0.5) is 5.69 Å². The van der Waals surface area contributed by atoms with Crippen LogP contribution in [0.5, 0.6) is 5.88 Å². The summed E-state index contributed by atoms with van der Waals surface area (Å²) in [4.78, 5) is 9.32. The lowest BCUT2D eigenvalue weighted by Gasteiger charge is -2.18. The minimum absolute atomic E-state index is 0.448. The molecule has 0 bridgehead atoms. The number of anilines is 1. The topological polar surface area (TPSA) is 72.8 Å². The van der Waals surface area contributed by atoms with E-state index < -0.39 is 6.23 Å². The van der Waals surface area contributed by atoms with Gasteiger partial charge in [0.2, 0.25) is 17.3 Å². The Bertz CT molecular complexity index is 981. The summed E-state index contributed by atoms with van der Waals surface area (Å²) in [5.74, 6) is 1.47. The lowest BCUT2D eigenvalue weighted by Crippen LogP contribution is -2.18. The number of ether oxygens (including phenoxy) is 1. The van der Waals surface area contributed by atoms with Gasteiger partial charge in [-0.3, -0.25) is 4.98 Å². The van der Waals surface area contributed by atoms with Gasteiger partial charge in [0.1, 0.15) is 5.69 Å². The van der Waals surface area contributed by atoms with Crippen molar-refractivity contribution in [3.63, 3.8) is 0 Å². The number of aryl methyl sites for hydroxylation is 1. The number of nitrogens with one attached hydrogen (secondary N) is 1. The number of pyridine rings is 1. The first-order valence-electron chi connectivity index (χ1n) is 10.1. The molecule has 1 atom stereocenters. The number of unbranched alkanes of at least 4 members (excludes halogenated alkanes) is 3. The lowest BCUT2D eigenvalue weighted by atomic mass is 10.1. The number of thioether (sulfide) groups is 1. The van der Waals surface area contributed by atoms with Gasteiger partial charge in [-0.2, -0.15) is 4.98 Å². The summed E-state index contributed by atoms with van der Waals surface area (Å²) in [6.07, 6.45) is 4.43. The second-order valence-electron chi connectivity index (χ2n) is 7.05. The molecule has 150 valence electrons. The van der Waals surface area contributed by atoms with Gasteiger partial charge in [-0.1, -0.05) is 62.2 Å². The highest BCUT2D eigenvalue weighted by molar-refractivity contribution is 7.99. The van der Waals surface area contributed by atoms with Gasteiger partial charge in [-0.15, -0.1) is 10.2 Å². The predicted octanol–water partition coefficient (Wildman–Crippen LogP) is 5.42. The number of para-hydroxylation sites is 1. The van der Waals surface area contributed by atoms with Crippen LogP contribution in [-0.2, 0) is 0 Å². The normalized spacial score (nSPS) is 14.9. The van der Waals surface area contributed by atoms with Crippen LogP contribution in [0.25, 0.3) is 11.3 Å². The van der Waals surface area contributed by atoms with Crippen molar-refractivity contribution in [3.8, 4) is 17.1 Å². The molecule has 3 aromatic rings. The van der Waals surface area contributed by atoms with Gasteiger partial charge in [0.15, 0.2) is 5.69 Å². The fourth-order valence-electron chi connectivity index (χ4n) is 3.24. The Morgan fingerprint density at radius 2 is 1.90 bits per heavy atom. The molecule has 6 nitrogen and oxygen atoms in total. The maximum atomic E-state index is 6.27. The quantitative estimate of drug-likeness (QED) is 0.414. The average Bonchev–Trinajstić information content (AvgIpc) is 2.90. The summed E-state index contributed by atoms with van der Waals surface area (Å²) in [5.41, 5.74) is 4.25. The Balaban J connectivity index is 1.63. The molecule has 4 rings (SSSR count). The van der Waals surface area contributed by atoms with Crippen LogP contribution in [0.1, 0.15) is 50.2 Å². The fourth-order valence-corrected chi connectivity index (χ4v) is 4.02. The molecule has 0 saturated carbocycles. The molecule has 29 heavy (non-hydrogen) atoms. The fraction of sp³-hybridized carbons (Fsp3) is 0.364. The molecule has 0 aliphatic carbocycles. The SMILES string of the molecule is CCCCCCSc1nnc2c(n1)O[C@@H](c1cccc(C)n1)Nc1ccccc1-2. The average molecular weight is 408 g/mol. The molecule has 3 heterocycles. The van der Waals surface area contributed by atoms with Gasteiger partial charge >= 0.3 is 0 Å². The molecule has 0 saturated heterocycles. The van der Waals surface area contributed by atoms with Crippen molar-refractivity contribution in [1.29, 1.82) is 0 Å². The third-order valence-corrected chi connectivity index (χ3v) is 5.67. The summed E-state index contributed by atoms with van der Waals surface area (Å²) in [5, 5.41) is 12.9. The third kappa shape index (κ3) is 4.67. The number of rotatable bonds is 7. The Labute approximate surface area is 175 Å². The number of hydrogen-bond donors (Lipinski definition) is 1. The van der Waals surface area contributed by atoms with Gasteiger partial charge in [0, 0.05) is 22.7 Å². The zero-order chi connectivity index (χ0) is 20.1. The van der Waals surface area contributed by atoms with E-state index in [4.69, 9.17) is 4.74 Å². The number of hydrogen-bond acceptors (Lipinski definition) is 7. The first kappa shape index (κ1) is 19.6. The Morgan fingerprint density at radius 3 is 2.76 bits per heavy atom. The molecule has 2 aromatic heterocycles. The van der Waals surface area contributed by atoms with Crippen molar-refractivity contribution in [3.05, 3.63) is 53.9 Å². The predicted molar refractivity (Wildman–Crippen MR) is 116 cm³/mol. The highest BCUT2D eigenvalue weighted by Gasteiger charge is 2.26. The van der Waals surface area contributed by atoms with E-state index in [1.54, 1.807) is 11.8 Å². The van der Waals surface area contributed by atoms with Crippen LogP contribution in [0.15, 0.2) is 47.6 Å². The molecule has 7 heteroatoms. The van der Waals surface area contributed by atoms with E-state index >= 15 is 0 Å². The van der Waals surface area contributed by atoms with Crippen molar-refractivity contribution < 1.29 is 4.74 Å². The third-order valence-electron chi connectivity index (χ3n) is 4.74. The molecule has 0 unspecified atom stereocenters. The molecular formula is C22H25N5OS. The molecule has 1 aliphatic heterocycles. The maximum absolute atomic E-state index is 6.27. The van der Waals surface area contributed by atoms with Crippen molar-refractivity contribution in [2.45, 2.75) is 50.9 Å². The van der Waals surface area contributed by atoms with E-state index in [9.17, 15) is 0 Å². The van der Waals surface area contributed by atoms with E-state index in [1.807, 2.05) is 49.4 Å². The zero-order valence-corrected chi connectivity index (χ0v) is 17.6. The molecular weight excluding hydrogens is 382 g/mol. The summed E-state index contributed by atoms with van der Waals surface area (Å²) in [7, 11) is 0. The largest absolute Gasteiger partial charge is 0.446 e. The van der Waals surface area contributed by atoms with Gasteiger partial charge in [-0.25, -0.2) is 0 Å². The monoisotopic (exact) mass is 407 g/mol. The Hall–Kier alpha value is -2.67. The van der Waals surface area contributed by atoms with Crippen LogP contribution in [0.2, 0.25) is 0 Å². The molecule has 1 aliphatic rings. The molecule has 1 N–H and O–H groups in total. The van der Waals surface area contributed by atoms with Crippen LogP contribution in [-0.4, -0.2) is 25.9 Å². The number of fused-ring (bicyclic) bond motifs is 3. The summed E-state index contributed by atoms with van der Waals surface area (Å²) in [6.45, 7) is 4.19. The molecule has 1 aromatic carbocycles. The molecule has 0 amide bonds. The zero-order valence-electron chi connectivity index (χ0n) is 16.8. The van der Waals surface area contributed by atoms with Crippen LogP contribution in [0.3, 0.4) is 0 Å². The summed E-state index contributed by atoms with van der Waals surface area (Å²) >= 11 is 1.63. The lowest BCUT2D eigenvalue weighted by molar-refractivity contribution is 0.220. The standard InChI is InChI=1S/C22H25N5OS/c1-3-4-5-8-14-29-22-25-21-19(26-27-22)16-11-6-7-12-17(16)24-20(28-21)18-13-9-10-15(2)23-18/h6-7,9-13,20,24H,3-5,8,14H2,1-2H3/t20-/m0/s1.